The zero-order valence-corrected chi connectivity index (χ0v) is 27.1. The number of aromatic nitrogens is 2. The number of hydrogen-bond acceptors (Lipinski definition) is 3. The monoisotopic (exact) mass is 636 g/mol. The van der Waals surface area contributed by atoms with E-state index in [2.05, 4.69) is 150 Å². The molecule has 0 saturated carbocycles. The number of fused-ring (bicyclic) bond motifs is 8. The summed E-state index contributed by atoms with van der Waals surface area (Å²) in [4.78, 5) is 5.23. The number of nitrogens with zero attached hydrogens (tertiary/aromatic N) is 2. The van der Waals surface area contributed by atoms with Gasteiger partial charge in [0.15, 0.2) is 0 Å². The zero-order chi connectivity index (χ0) is 30.9. The molecule has 3 heterocycles. The van der Waals surface area contributed by atoms with Crippen LogP contribution in [0.25, 0.3) is 85.2 Å². The van der Waals surface area contributed by atoms with Gasteiger partial charge in [0.05, 0.1) is 21.3 Å². The van der Waals surface area contributed by atoms with Crippen LogP contribution in [0.3, 0.4) is 0 Å². The second-order valence-electron chi connectivity index (χ2n) is 12.3. The van der Waals surface area contributed by atoms with Gasteiger partial charge in [-0.25, -0.2) is 4.98 Å². The fourth-order valence-electron chi connectivity index (χ4n) is 7.20. The molecule has 0 unspecified atom stereocenters. The molecule has 0 saturated heterocycles. The molecule has 1 aliphatic rings. The van der Waals surface area contributed by atoms with Gasteiger partial charge in [0.25, 0.3) is 0 Å². The first-order valence-corrected chi connectivity index (χ1v) is 17.7. The molecule has 0 amide bonds. The van der Waals surface area contributed by atoms with Gasteiger partial charge in [0.2, 0.25) is 0 Å². The van der Waals surface area contributed by atoms with Crippen LogP contribution in [0.15, 0.2) is 146 Å². The number of allylic oxidation sites excluding steroid dienone is 4. The number of hydrogen-bond donors (Lipinski definition) is 0. The highest BCUT2D eigenvalue weighted by Gasteiger charge is 2.17. The molecule has 0 atom stereocenters. The first-order chi connectivity index (χ1) is 23.3. The first-order valence-electron chi connectivity index (χ1n) is 16.1. The Kier molecular flexibility index (Phi) is 6.08. The molecule has 9 aromatic rings. The van der Waals surface area contributed by atoms with E-state index in [-0.39, 0.29) is 0 Å². The lowest BCUT2D eigenvalue weighted by atomic mass is 9.97. The van der Waals surface area contributed by atoms with Gasteiger partial charge in [-0.05, 0) is 102 Å². The highest BCUT2D eigenvalue weighted by molar-refractivity contribution is 7.26. The van der Waals surface area contributed by atoms with Crippen LogP contribution in [-0.2, 0) is 0 Å². The summed E-state index contributed by atoms with van der Waals surface area (Å²) in [6.07, 6.45) is 9.13. The minimum atomic E-state index is 1.06. The number of rotatable bonds is 4. The van der Waals surface area contributed by atoms with E-state index in [1.54, 1.807) is 11.3 Å². The van der Waals surface area contributed by atoms with Gasteiger partial charge in [0, 0.05) is 42.2 Å². The molecule has 2 nitrogen and oxygen atoms in total. The van der Waals surface area contributed by atoms with E-state index in [4.69, 9.17) is 4.98 Å². The number of thiazole rings is 1. The molecule has 0 N–H and O–H groups in total. The van der Waals surface area contributed by atoms with Crippen molar-refractivity contribution in [3.63, 3.8) is 0 Å². The van der Waals surface area contributed by atoms with Gasteiger partial charge in [-0.3, -0.25) is 0 Å². The Morgan fingerprint density at radius 1 is 0.532 bits per heavy atom. The predicted molar refractivity (Wildman–Crippen MR) is 204 cm³/mol. The Morgan fingerprint density at radius 2 is 1.26 bits per heavy atom. The molecule has 4 heteroatoms. The van der Waals surface area contributed by atoms with Crippen molar-refractivity contribution in [1.29, 1.82) is 0 Å². The average molecular weight is 637 g/mol. The lowest BCUT2D eigenvalue weighted by Crippen LogP contribution is -1.94. The Labute approximate surface area is 280 Å². The van der Waals surface area contributed by atoms with E-state index < -0.39 is 0 Å². The molecule has 0 aliphatic heterocycles. The zero-order valence-electron chi connectivity index (χ0n) is 25.5. The van der Waals surface area contributed by atoms with Crippen molar-refractivity contribution in [2.75, 3.05) is 0 Å². The van der Waals surface area contributed by atoms with Crippen LogP contribution in [-0.4, -0.2) is 9.55 Å². The second kappa shape index (κ2) is 10.6. The van der Waals surface area contributed by atoms with Crippen molar-refractivity contribution in [1.82, 2.24) is 9.55 Å². The van der Waals surface area contributed by atoms with Gasteiger partial charge >= 0.3 is 0 Å². The fourth-order valence-corrected chi connectivity index (χ4v) is 9.28. The summed E-state index contributed by atoms with van der Waals surface area (Å²) in [5.74, 6) is 0. The topological polar surface area (TPSA) is 17.8 Å². The quantitative estimate of drug-likeness (QED) is 0.188. The van der Waals surface area contributed by atoms with Gasteiger partial charge in [-0.15, -0.1) is 22.7 Å². The van der Waals surface area contributed by atoms with Crippen LogP contribution in [0.5, 0.6) is 0 Å². The summed E-state index contributed by atoms with van der Waals surface area (Å²) in [6, 6.07) is 46.7. The summed E-state index contributed by atoms with van der Waals surface area (Å²) < 4.78 is 6.26. The first kappa shape index (κ1) is 26.9. The summed E-state index contributed by atoms with van der Waals surface area (Å²) in [6.45, 7) is 0. The van der Waals surface area contributed by atoms with E-state index in [1.165, 1.54) is 68.9 Å². The van der Waals surface area contributed by atoms with E-state index in [0.29, 0.717) is 0 Å². The third-order valence-corrected chi connectivity index (χ3v) is 11.7. The van der Waals surface area contributed by atoms with Gasteiger partial charge in [-0.2, -0.15) is 0 Å². The standard InChI is InChI=1S/C43H28N2S2/c1-3-9-27(10-4-1)30-17-21-36-34(25-30)35-26-31(28-11-5-2-6-12-28)18-22-37(35)45(36)32-19-15-29(16-20-32)43-44-42-40(47-43)24-23-39-41(42)33-13-7-8-14-38(33)46-39/h1,3-5,7-26H,2,6H2. The highest BCUT2D eigenvalue weighted by Crippen LogP contribution is 2.42. The normalized spacial score (nSPS) is 13.4. The van der Waals surface area contributed by atoms with E-state index in [0.717, 1.165) is 34.6 Å². The maximum Gasteiger partial charge on any atom is 0.124 e. The van der Waals surface area contributed by atoms with Crippen LogP contribution in [0, 0.1) is 0 Å². The van der Waals surface area contributed by atoms with Gasteiger partial charge < -0.3 is 4.57 Å². The molecule has 1 aliphatic carbocycles. The molecule has 0 bridgehead atoms. The number of benzene rings is 6. The van der Waals surface area contributed by atoms with Gasteiger partial charge in [0.1, 0.15) is 5.01 Å². The largest absolute Gasteiger partial charge is 0.309 e. The summed E-state index contributed by atoms with van der Waals surface area (Å²) in [5.41, 5.74) is 10.9. The van der Waals surface area contributed by atoms with E-state index in [9.17, 15) is 0 Å². The maximum atomic E-state index is 5.23. The van der Waals surface area contributed by atoms with Crippen LogP contribution >= 0.6 is 22.7 Å². The maximum absolute atomic E-state index is 5.23. The van der Waals surface area contributed by atoms with Crippen molar-refractivity contribution >= 4 is 80.4 Å². The fraction of sp³-hybridized carbons (Fsp3) is 0.0465. The molecule has 0 spiro atoms. The third kappa shape index (κ3) is 4.33. The summed E-state index contributed by atoms with van der Waals surface area (Å²) in [5, 5.41) is 6.18. The molecule has 3 aromatic heterocycles. The van der Waals surface area contributed by atoms with Crippen molar-refractivity contribution in [3.05, 3.63) is 151 Å². The van der Waals surface area contributed by atoms with E-state index in [1.807, 2.05) is 11.3 Å². The Hall–Kier alpha value is -5.29. The minimum absolute atomic E-state index is 1.06. The average Bonchev–Trinajstić information content (AvgIpc) is 3.83. The summed E-state index contributed by atoms with van der Waals surface area (Å²) >= 11 is 3.62. The predicted octanol–water partition coefficient (Wildman–Crippen LogP) is 12.8. The van der Waals surface area contributed by atoms with Gasteiger partial charge in [-0.1, -0.05) is 78.9 Å². The second-order valence-corrected chi connectivity index (χ2v) is 14.4. The SMILES string of the molecule is C1=CC(c2ccc3c(c2)c2cc(-c4ccccc4)ccc2n3-c2ccc(-c3nc4c(ccc5sc6ccccc6c54)s3)cc2)=CCC1. The van der Waals surface area contributed by atoms with Crippen LogP contribution in [0.1, 0.15) is 18.4 Å². The van der Waals surface area contributed by atoms with Crippen molar-refractivity contribution in [3.8, 4) is 27.4 Å². The third-order valence-electron chi connectivity index (χ3n) is 9.47. The lowest BCUT2D eigenvalue weighted by Gasteiger charge is -2.10. The Bertz CT molecular complexity index is 2720. The molecule has 10 rings (SSSR count). The Balaban J connectivity index is 1.11. The van der Waals surface area contributed by atoms with Crippen molar-refractivity contribution in [2.24, 2.45) is 0 Å². The van der Waals surface area contributed by atoms with E-state index >= 15 is 0 Å². The minimum Gasteiger partial charge on any atom is -0.309 e. The Morgan fingerprint density at radius 3 is 2.06 bits per heavy atom. The molecular weight excluding hydrogens is 609 g/mol. The summed E-state index contributed by atoms with van der Waals surface area (Å²) in [7, 11) is 0. The number of thiophene rings is 1. The van der Waals surface area contributed by atoms with Crippen molar-refractivity contribution < 1.29 is 0 Å². The molecule has 47 heavy (non-hydrogen) atoms. The highest BCUT2D eigenvalue weighted by atomic mass is 32.1. The molecule has 6 aromatic carbocycles. The van der Waals surface area contributed by atoms with Crippen LogP contribution in [0.4, 0.5) is 0 Å². The molecule has 222 valence electrons. The lowest BCUT2D eigenvalue weighted by molar-refractivity contribution is 1.04. The molecule has 0 radical (unpaired) electrons. The molecule has 0 fully saturated rings. The van der Waals surface area contributed by atoms with Crippen molar-refractivity contribution in [2.45, 2.75) is 12.8 Å². The molecular formula is C43H28N2S2. The van der Waals surface area contributed by atoms with Crippen LogP contribution in [0.2, 0.25) is 0 Å². The smallest absolute Gasteiger partial charge is 0.124 e. The van der Waals surface area contributed by atoms with Crippen LogP contribution < -0.4 is 0 Å².